The van der Waals surface area contributed by atoms with E-state index in [0.717, 1.165) is 12.8 Å². The molecule has 0 aliphatic carbocycles. The van der Waals surface area contributed by atoms with Crippen molar-refractivity contribution in [2.75, 3.05) is 6.61 Å². The monoisotopic (exact) mass is 226 g/mol. The number of hydrogen-bond donors (Lipinski definition) is 1. The molecule has 1 aliphatic rings. The fourth-order valence-corrected chi connectivity index (χ4v) is 2.23. The minimum absolute atomic E-state index is 0.603. The summed E-state index contributed by atoms with van der Waals surface area (Å²) in [6.07, 6.45) is 8.97. The molecule has 0 aromatic carbocycles. The van der Waals surface area contributed by atoms with Gasteiger partial charge in [-0.2, -0.15) is 0 Å². The normalized spacial score (nSPS) is 20.8. The van der Waals surface area contributed by atoms with E-state index in [2.05, 4.69) is 13.8 Å². The van der Waals surface area contributed by atoms with Gasteiger partial charge in [0.25, 0.3) is 0 Å². The highest BCUT2D eigenvalue weighted by Gasteiger charge is 2.22. The fraction of sp³-hybridized carbons (Fsp3) is 0.857. The van der Waals surface area contributed by atoms with Crippen LogP contribution in [0.25, 0.3) is 0 Å². The summed E-state index contributed by atoms with van der Waals surface area (Å²) in [5.74, 6) is 0. The van der Waals surface area contributed by atoms with E-state index in [4.69, 9.17) is 4.74 Å². The lowest BCUT2D eigenvalue weighted by molar-refractivity contribution is -0.0479. The van der Waals surface area contributed by atoms with Crippen LogP contribution >= 0.6 is 0 Å². The van der Waals surface area contributed by atoms with E-state index in [1.165, 1.54) is 49.7 Å². The predicted molar refractivity (Wildman–Crippen MR) is 67.3 cm³/mol. The molecule has 0 saturated carbocycles. The van der Waals surface area contributed by atoms with Crippen molar-refractivity contribution in [1.82, 2.24) is 0 Å². The van der Waals surface area contributed by atoms with E-state index >= 15 is 0 Å². The number of unbranched alkanes of at least 4 members (excludes halogenated alkanes) is 4. The van der Waals surface area contributed by atoms with Crippen molar-refractivity contribution < 1.29 is 9.84 Å². The molecule has 94 valence electrons. The van der Waals surface area contributed by atoms with Crippen LogP contribution in [0.3, 0.4) is 0 Å². The lowest BCUT2D eigenvalue weighted by Crippen LogP contribution is -2.08. The summed E-state index contributed by atoms with van der Waals surface area (Å²) in [5, 5.41) is 9.74. The Morgan fingerprint density at radius 1 is 1.06 bits per heavy atom. The quantitative estimate of drug-likeness (QED) is 0.504. The SMILES string of the molecule is CCCCCC1=C(CCCCC)C(O)OC1. The minimum Gasteiger partial charge on any atom is -0.364 e. The van der Waals surface area contributed by atoms with Crippen LogP contribution in [-0.2, 0) is 4.74 Å². The van der Waals surface area contributed by atoms with Gasteiger partial charge in [-0.1, -0.05) is 39.5 Å². The van der Waals surface area contributed by atoms with Gasteiger partial charge in [0.1, 0.15) is 0 Å². The molecule has 1 unspecified atom stereocenters. The van der Waals surface area contributed by atoms with Gasteiger partial charge in [-0.25, -0.2) is 0 Å². The molecule has 2 heteroatoms. The standard InChI is InChI=1S/C14H26O2/c1-3-5-7-9-12-11-16-14(15)13(12)10-8-6-4-2/h14-15H,3-11H2,1-2H3. The Bertz CT molecular complexity index is 221. The maximum atomic E-state index is 9.74. The zero-order chi connectivity index (χ0) is 11.8. The van der Waals surface area contributed by atoms with Crippen molar-refractivity contribution in [3.8, 4) is 0 Å². The van der Waals surface area contributed by atoms with Gasteiger partial charge in [0.15, 0.2) is 6.29 Å². The van der Waals surface area contributed by atoms with E-state index in [0.29, 0.717) is 6.61 Å². The third-order valence-corrected chi connectivity index (χ3v) is 3.30. The summed E-state index contributed by atoms with van der Waals surface area (Å²) in [7, 11) is 0. The van der Waals surface area contributed by atoms with Crippen molar-refractivity contribution in [2.24, 2.45) is 0 Å². The predicted octanol–water partition coefficient (Wildman–Crippen LogP) is 3.79. The smallest absolute Gasteiger partial charge is 0.177 e. The highest BCUT2D eigenvalue weighted by atomic mass is 16.6. The van der Waals surface area contributed by atoms with E-state index < -0.39 is 6.29 Å². The van der Waals surface area contributed by atoms with E-state index in [9.17, 15) is 5.11 Å². The molecule has 2 nitrogen and oxygen atoms in total. The van der Waals surface area contributed by atoms with Crippen LogP contribution in [0.2, 0.25) is 0 Å². The van der Waals surface area contributed by atoms with Crippen LogP contribution in [0.1, 0.15) is 65.2 Å². The molecular formula is C14H26O2. The second-order valence-corrected chi connectivity index (χ2v) is 4.71. The Hall–Kier alpha value is -0.340. The first kappa shape index (κ1) is 13.7. The van der Waals surface area contributed by atoms with Gasteiger partial charge < -0.3 is 9.84 Å². The van der Waals surface area contributed by atoms with Gasteiger partial charge in [-0.3, -0.25) is 0 Å². The van der Waals surface area contributed by atoms with Gasteiger partial charge >= 0.3 is 0 Å². The Morgan fingerprint density at radius 2 is 1.69 bits per heavy atom. The van der Waals surface area contributed by atoms with Crippen LogP contribution in [0.4, 0.5) is 0 Å². The topological polar surface area (TPSA) is 29.5 Å². The zero-order valence-corrected chi connectivity index (χ0v) is 10.8. The maximum absolute atomic E-state index is 9.74. The van der Waals surface area contributed by atoms with E-state index in [-0.39, 0.29) is 0 Å². The molecule has 0 bridgehead atoms. The molecular weight excluding hydrogens is 200 g/mol. The number of hydrogen-bond acceptors (Lipinski definition) is 2. The molecule has 0 aromatic heterocycles. The highest BCUT2D eigenvalue weighted by Crippen LogP contribution is 2.28. The average Bonchev–Trinajstić information content (AvgIpc) is 2.62. The lowest BCUT2D eigenvalue weighted by Gasteiger charge is -2.08. The molecule has 1 heterocycles. The summed E-state index contributed by atoms with van der Waals surface area (Å²) >= 11 is 0. The number of rotatable bonds is 8. The van der Waals surface area contributed by atoms with Crippen LogP contribution in [0.15, 0.2) is 11.1 Å². The molecule has 16 heavy (non-hydrogen) atoms. The van der Waals surface area contributed by atoms with Crippen LogP contribution in [0, 0.1) is 0 Å². The first-order valence-electron chi connectivity index (χ1n) is 6.80. The average molecular weight is 226 g/mol. The second-order valence-electron chi connectivity index (χ2n) is 4.71. The molecule has 1 rings (SSSR count). The van der Waals surface area contributed by atoms with Crippen molar-refractivity contribution in [3.05, 3.63) is 11.1 Å². The van der Waals surface area contributed by atoms with E-state index in [1.807, 2.05) is 0 Å². The van der Waals surface area contributed by atoms with Crippen molar-refractivity contribution in [1.29, 1.82) is 0 Å². The van der Waals surface area contributed by atoms with Crippen LogP contribution < -0.4 is 0 Å². The van der Waals surface area contributed by atoms with Gasteiger partial charge in [-0.05, 0) is 36.8 Å². The Balaban J connectivity index is 2.40. The Morgan fingerprint density at radius 3 is 2.31 bits per heavy atom. The molecule has 0 radical (unpaired) electrons. The number of aliphatic hydroxyl groups excluding tert-OH is 1. The van der Waals surface area contributed by atoms with Crippen molar-refractivity contribution in [3.63, 3.8) is 0 Å². The van der Waals surface area contributed by atoms with Gasteiger partial charge in [-0.15, -0.1) is 0 Å². The van der Waals surface area contributed by atoms with E-state index in [1.54, 1.807) is 0 Å². The minimum atomic E-state index is -0.603. The first-order chi connectivity index (χ1) is 7.79. The molecule has 1 N–H and O–H groups in total. The first-order valence-corrected chi connectivity index (χ1v) is 6.80. The van der Waals surface area contributed by atoms with Crippen molar-refractivity contribution in [2.45, 2.75) is 71.5 Å². The molecule has 0 saturated heterocycles. The molecule has 1 atom stereocenters. The summed E-state index contributed by atoms with van der Waals surface area (Å²) in [6, 6.07) is 0. The summed E-state index contributed by atoms with van der Waals surface area (Å²) in [5.41, 5.74) is 2.56. The van der Waals surface area contributed by atoms with Gasteiger partial charge in [0, 0.05) is 0 Å². The van der Waals surface area contributed by atoms with Crippen LogP contribution in [-0.4, -0.2) is 18.0 Å². The van der Waals surface area contributed by atoms with Gasteiger partial charge in [0.05, 0.1) is 6.61 Å². The molecule has 0 aromatic rings. The maximum Gasteiger partial charge on any atom is 0.177 e. The second kappa shape index (κ2) is 7.86. The fourth-order valence-electron chi connectivity index (χ4n) is 2.23. The lowest BCUT2D eigenvalue weighted by atomic mass is 9.99. The third kappa shape index (κ3) is 4.26. The molecule has 0 fully saturated rings. The largest absolute Gasteiger partial charge is 0.364 e. The third-order valence-electron chi connectivity index (χ3n) is 3.30. The Labute approximate surface area is 99.7 Å². The summed E-state index contributed by atoms with van der Waals surface area (Å²) in [6.45, 7) is 5.08. The molecule has 1 aliphatic heterocycles. The summed E-state index contributed by atoms with van der Waals surface area (Å²) in [4.78, 5) is 0. The van der Waals surface area contributed by atoms with Gasteiger partial charge in [0.2, 0.25) is 0 Å². The Kier molecular flexibility index (Phi) is 6.74. The number of ether oxygens (including phenoxy) is 1. The number of aliphatic hydroxyl groups is 1. The molecule has 0 spiro atoms. The summed E-state index contributed by atoms with van der Waals surface area (Å²) < 4.78 is 5.32. The highest BCUT2D eigenvalue weighted by molar-refractivity contribution is 5.21. The van der Waals surface area contributed by atoms with Crippen LogP contribution in [0.5, 0.6) is 0 Å². The van der Waals surface area contributed by atoms with Crippen molar-refractivity contribution >= 4 is 0 Å². The molecule has 0 amide bonds. The zero-order valence-electron chi connectivity index (χ0n) is 10.8.